The number of carbonyl (C=O) groups excluding carboxylic acids is 2. The molecule has 32 heavy (non-hydrogen) atoms. The number of carbonyl (C=O) groups is 2. The SMILES string of the molecule is Cc1c(C(=O)N2CCC3CCC(=O)N(C4CC4)C3C2)cnn1-c1nn2cccc2c(=O)[nH]1. The second kappa shape index (κ2) is 7.04. The first-order chi connectivity index (χ1) is 15.5. The minimum absolute atomic E-state index is 0.0923. The van der Waals surface area contributed by atoms with E-state index in [1.807, 2.05) is 4.90 Å². The molecule has 3 aliphatic rings. The number of hydrogen-bond acceptors (Lipinski definition) is 5. The van der Waals surface area contributed by atoms with Gasteiger partial charge < -0.3 is 9.80 Å². The molecule has 2 saturated heterocycles. The van der Waals surface area contributed by atoms with E-state index in [-0.39, 0.29) is 29.4 Å². The number of aromatic amines is 1. The Morgan fingerprint density at radius 2 is 2.03 bits per heavy atom. The predicted molar refractivity (Wildman–Crippen MR) is 115 cm³/mol. The van der Waals surface area contributed by atoms with Gasteiger partial charge in [-0.2, -0.15) is 5.10 Å². The van der Waals surface area contributed by atoms with Gasteiger partial charge >= 0.3 is 0 Å². The van der Waals surface area contributed by atoms with Gasteiger partial charge in [-0.15, -0.1) is 5.10 Å². The third-order valence-electron chi connectivity index (χ3n) is 7.15. The van der Waals surface area contributed by atoms with Crippen LogP contribution in [0.25, 0.3) is 11.5 Å². The van der Waals surface area contributed by atoms with Crippen LogP contribution in [-0.4, -0.2) is 71.2 Å². The molecule has 0 aromatic carbocycles. The van der Waals surface area contributed by atoms with Crippen LogP contribution >= 0.6 is 0 Å². The fourth-order valence-corrected chi connectivity index (χ4v) is 5.30. The van der Waals surface area contributed by atoms with Crippen LogP contribution in [0.4, 0.5) is 0 Å². The van der Waals surface area contributed by atoms with Crippen molar-refractivity contribution in [1.29, 1.82) is 0 Å². The number of amides is 2. The van der Waals surface area contributed by atoms with Crippen molar-refractivity contribution in [3.05, 3.63) is 46.1 Å². The summed E-state index contributed by atoms with van der Waals surface area (Å²) in [4.78, 5) is 45.0. The molecule has 10 heteroatoms. The lowest BCUT2D eigenvalue weighted by molar-refractivity contribution is -0.141. The van der Waals surface area contributed by atoms with Gasteiger partial charge in [0.25, 0.3) is 11.5 Å². The minimum Gasteiger partial charge on any atom is -0.336 e. The summed E-state index contributed by atoms with van der Waals surface area (Å²) in [6.07, 6.45) is 7.85. The second-order valence-electron chi connectivity index (χ2n) is 9.11. The lowest BCUT2D eigenvalue weighted by Crippen LogP contribution is -2.58. The van der Waals surface area contributed by atoms with Gasteiger partial charge in [-0.1, -0.05) is 0 Å². The number of fused-ring (bicyclic) bond motifs is 2. The molecule has 166 valence electrons. The van der Waals surface area contributed by atoms with Gasteiger partial charge in [0, 0.05) is 31.7 Å². The average molecular weight is 435 g/mol. The molecule has 2 aliphatic heterocycles. The Labute approximate surface area is 183 Å². The van der Waals surface area contributed by atoms with Crippen molar-refractivity contribution in [3.63, 3.8) is 0 Å². The van der Waals surface area contributed by atoms with Crippen LogP contribution in [0.3, 0.4) is 0 Å². The lowest BCUT2D eigenvalue weighted by atomic mass is 9.82. The highest BCUT2D eigenvalue weighted by Gasteiger charge is 2.46. The fraction of sp³-hybridized carbons (Fsp3) is 0.500. The number of likely N-dealkylation sites (tertiary alicyclic amines) is 2. The highest BCUT2D eigenvalue weighted by Crippen LogP contribution is 2.39. The molecule has 3 aromatic heterocycles. The zero-order chi connectivity index (χ0) is 22.0. The molecule has 2 unspecified atom stereocenters. The summed E-state index contributed by atoms with van der Waals surface area (Å²) in [5, 5.41) is 8.74. The van der Waals surface area contributed by atoms with E-state index < -0.39 is 0 Å². The summed E-state index contributed by atoms with van der Waals surface area (Å²) in [7, 11) is 0. The number of nitrogens with one attached hydrogen (secondary N) is 1. The van der Waals surface area contributed by atoms with Crippen molar-refractivity contribution >= 4 is 17.3 Å². The van der Waals surface area contributed by atoms with Crippen LogP contribution in [0.2, 0.25) is 0 Å². The largest absolute Gasteiger partial charge is 0.336 e. The number of piperidine rings is 2. The molecule has 0 radical (unpaired) electrons. The molecule has 3 aromatic rings. The third-order valence-corrected chi connectivity index (χ3v) is 7.15. The molecule has 0 bridgehead atoms. The normalized spacial score (nSPS) is 23.6. The summed E-state index contributed by atoms with van der Waals surface area (Å²) in [6.45, 7) is 3.05. The molecule has 2 amide bonds. The summed E-state index contributed by atoms with van der Waals surface area (Å²) < 4.78 is 2.98. The van der Waals surface area contributed by atoms with Crippen molar-refractivity contribution in [1.82, 2.24) is 34.2 Å². The fourth-order valence-electron chi connectivity index (χ4n) is 5.30. The van der Waals surface area contributed by atoms with Gasteiger partial charge in [0.05, 0.1) is 23.5 Å². The Morgan fingerprint density at radius 1 is 1.19 bits per heavy atom. The second-order valence-corrected chi connectivity index (χ2v) is 9.11. The van der Waals surface area contributed by atoms with Gasteiger partial charge in [0.15, 0.2) is 0 Å². The van der Waals surface area contributed by atoms with Crippen LogP contribution < -0.4 is 5.56 Å². The highest BCUT2D eigenvalue weighted by molar-refractivity contribution is 5.95. The molecule has 0 spiro atoms. The number of rotatable bonds is 3. The molecule has 2 atom stereocenters. The number of aromatic nitrogens is 5. The van der Waals surface area contributed by atoms with E-state index in [2.05, 4.69) is 20.1 Å². The minimum atomic E-state index is -0.271. The Kier molecular flexibility index (Phi) is 4.24. The van der Waals surface area contributed by atoms with Crippen LogP contribution in [0.15, 0.2) is 29.3 Å². The molecule has 1 aliphatic carbocycles. The molecule has 3 fully saturated rings. The lowest BCUT2D eigenvalue weighted by Gasteiger charge is -2.47. The average Bonchev–Trinajstić information content (AvgIpc) is 3.36. The molecular formula is C22H25N7O3. The van der Waals surface area contributed by atoms with Gasteiger partial charge in [-0.25, -0.2) is 9.20 Å². The van der Waals surface area contributed by atoms with E-state index in [0.29, 0.717) is 48.2 Å². The number of nitrogens with zero attached hydrogens (tertiary/aromatic N) is 6. The summed E-state index contributed by atoms with van der Waals surface area (Å²) >= 11 is 0. The highest BCUT2D eigenvalue weighted by atomic mass is 16.2. The summed E-state index contributed by atoms with van der Waals surface area (Å²) in [5.74, 6) is 0.878. The zero-order valence-corrected chi connectivity index (χ0v) is 17.9. The third kappa shape index (κ3) is 2.96. The molecule has 6 rings (SSSR count). The summed E-state index contributed by atoms with van der Waals surface area (Å²) in [6, 6.07) is 3.91. The Balaban J connectivity index is 1.28. The first-order valence-corrected chi connectivity index (χ1v) is 11.2. The van der Waals surface area contributed by atoms with E-state index in [1.54, 1.807) is 25.3 Å². The monoisotopic (exact) mass is 435 g/mol. The van der Waals surface area contributed by atoms with E-state index in [4.69, 9.17) is 0 Å². The van der Waals surface area contributed by atoms with Crippen LogP contribution in [0.1, 0.15) is 48.2 Å². The van der Waals surface area contributed by atoms with Crippen LogP contribution in [0.5, 0.6) is 0 Å². The van der Waals surface area contributed by atoms with E-state index in [9.17, 15) is 14.4 Å². The van der Waals surface area contributed by atoms with Crippen molar-refractivity contribution in [2.24, 2.45) is 5.92 Å². The van der Waals surface area contributed by atoms with Crippen molar-refractivity contribution < 1.29 is 9.59 Å². The molecule has 10 nitrogen and oxygen atoms in total. The van der Waals surface area contributed by atoms with Crippen LogP contribution in [0, 0.1) is 12.8 Å². The Morgan fingerprint density at radius 3 is 2.84 bits per heavy atom. The summed E-state index contributed by atoms with van der Waals surface area (Å²) in [5.41, 5.74) is 1.27. The topological polar surface area (TPSA) is 109 Å². The molecular weight excluding hydrogens is 410 g/mol. The maximum absolute atomic E-state index is 13.4. The van der Waals surface area contributed by atoms with E-state index in [1.165, 1.54) is 15.4 Å². The van der Waals surface area contributed by atoms with Crippen molar-refractivity contribution in [2.75, 3.05) is 13.1 Å². The number of hydrogen-bond donors (Lipinski definition) is 1. The number of H-pyrrole nitrogens is 1. The zero-order valence-electron chi connectivity index (χ0n) is 17.9. The maximum Gasteiger partial charge on any atom is 0.276 e. The standard InChI is InChI=1S/C22H25N7O3/c1-13-16(11-23-29(13)22-24-20(31)17-3-2-9-27(17)25-22)21(32)26-10-8-14-4-7-19(30)28(15-5-6-15)18(14)12-26/h2-3,9,11,14-15,18H,4-8,10,12H2,1H3,(H,24,25,31). The maximum atomic E-state index is 13.4. The first-order valence-electron chi connectivity index (χ1n) is 11.2. The first kappa shape index (κ1) is 19.3. The van der Waals surface area contributed by atoms with Gasteiger partial charge in [0.2, 0.25) is 11.9 Å². The van der Waals surface area contributed by atoms with Crippen molar-refractivity contribution in [2.45, 2.75) is 51.1 Å². The predicted octanol–water partition coefficient (Wildman–Crippen LogP) is 1.13. The Bertz CT molecular complexity index is 1280. The van der Waals surface area contributed by atoms with Gasteiger partial charge in [-0.3, -0.25) is 19.4 Å². The molecule has 1 saturated carbocycles. The van der Waals surface area contributed by atoms with E-state index >= 15 is 0 Å². The molecule has 5 heterocycles. The quantitative estimate of drug-likeness (QED) is 0.664. The van der Waals surface area contributed by atoms with Gasteiger partial charge in [-0.05, 0) is 50.7 Å². The molecule has 1 N–H and O–H groups in total. The van der Waals surface area contributed by atoms with Crippen LogP contribution in [-0.2, 0) is 4.79 Å². The Hall–Kier alpha value is -3.43. The van der Waals surface area contributed by atoms with Gasteiger partial charge in [0.1, 0.15) is 5.52 Å². The van der Waals surface area contributed by atoms with Crippen molar-refractivity contribution in [3.8, 4) is 5.95 Å². The smallest absolute Gasteiger partial charge is 0.276 e. The van der Waals surface area contributed by atoms with E-state index in [0.717, 1.165) is 25.7 Å².